The van der Waals surface area contributed by atoms with Gasteiger partial charge in [-0.1, -0.05) is 39.0 Å². The molecule has 0 aromatic heterocycles. The van der Waals surface area contributed by atoms with Gasteiger partial charge in [-0.15, -0.1) is 0 Å². The highest BCUT2D eigenvalue weighted by molar-refractivity contribution is 9.10. The van der Waals surface area contributed by atoms with Crippen LogP contribution in [-0.4, -0.2) is 30.6 Å². The summed E-state index contributed by atoms with van der Waals surface area (Å²) >= 11 is 8.47. The number of carbonyl (C=O) groups is 2. The third-order valence-electron chi connectivity index (χ3n) is 4.25. The topological polar surface area (TPSA) is 88.7 Å². The molecule has 2 amide bonds. The number of methoxy groups -OCH3 is 1. The van der Waals surface area contributed by atoms with E-state index < -0.39 is 11.8 Å². The summed E-state index contributed by atoms with van der Waals surface area (Å²) in [5, 5.41) is 2.40. The molecule has 0 radical (unpaired) electrons. The minimum absolute atomic E-state index is 0.00626. The molecule has 2 aromatic rings. The zero-order valence-electron chi connectivity index (χ0n) is 18.3. The summed E-state index contributed by atoms with van der Waals surface area (Å²) in [6.45, 7) is 6.12. The molecule has 7 nitrogen and oxygen atoms in total. The van der Waals surface area contributed by atoms with Crippen molar-refractivity contribution in [3.63, 3.8) is 0 Å². The Kier molecular flexibility index (Phi) is 9.22. The van der Waals surface area contributed by atoms with Crippen molar-refractivity contribution in [2.45, 2.75) is 26.2 Å². The second-order valence-corrected chi connectivity index (χ2v) is 9.04. The lowest BCUT2D eigenvalue weighted by Crippen LogP contribution is -2.49. The molecule has 170 valence electrons. The maximum absolute atomic E-state index is 12.0. The Hall–Kier alpha value is -2.91. The van der Waals surface area contributed by atoms with Gasteiger partial charge in [0.05, 0.1) is 11.6 Å². The maximum Gasteiger partial charge on any atom is 0.276 e. The van der Waals surface area contributed by atoms with Gasteiger partial charge in [-0.2, -0.15) is 0 Å². The summed E-state index contributed by atoms with van der Waals surface area (Å²) in [5.41, 5.74) is 6.82. The SMILES string of the molecule is COc1ccc(C=CC(=O)NC(=S)NNC(=O)COc2ccc(C(C)(C)C)cc2Br)cc1. The van der Waals surface area contributed by atoms with Crippen molar-refractivity contribution in [2.24, 2.45) is 0 Å². The second-order valence-electron chi connectivity index (χ2n) is 7.78. The predicted octanol–water partition coefficient (Wildman–Crippen LogP) is 3.87. The lowest BCUT2D eigenvalue weighted by molar-refractivity contribution is -0.123. The number of ether oxygens (including phenoxy) is 2. The van der Waals surface area contributed by atoms with E-state index in [0.29, 0.717) is 5.75 Å². The van der Waals surface area contributed by atoms with Crippen molar-refractivity contribution in [1.29, 1.82) is 0 Å². The molecule has 2 rings (SSSR count). The van der Waals surface area contributed by atoms with Crippen LogP contribution in [0.25, 0.3) is 6.08 Å². The Balaban J connectivity index is 1.74. The first-order valence-corrected chi connectivity index (χ1v) is 10.9. The Morgan fingerprint density at radius 2 is 1.78 bits per heavy atom. The fourth-order valence-corrected chi connectivity index (χ4v) is 3.11. The van der Waals surface area contributed by atoms with Crippen molar-refractivity contribution >= 4 is 51.2 Å². The summed E-state index contributed by atoms with van der Waals surface area (Å²) in [4.78, 5) is 23.9. The van der Waals surface area contributed by atoms with E-state index in [1.165, 1.54) is 6.08 Å². The monoisotopic (exact) mass is 519 g/mol. The summed E-state index contributed by atoms with van der Waals surface area (Å²) < 4.78 is 11.4. The largest absolute Gasteiger partial charge is 0.497 e. The van der Waals surface area contributed by atoms with Gasteiger partial charge >= 0.3 is 0 Å². The summed E-state index contributed by atoms with van der Waals surface area (Å²) in [7, 11) is 1.58. The predicted molar refractivity (Wildman–Crippen MR) is 132 cm³/mol. The van der Waals surface area contributed by atoms with E-state index in [9.17, 15) is 9.59 Å². The summed E-state index contributed by atoms with van der Waals surface area (Å²) in [5.74, 6) is 0.382. The van der Waals surface area contributed by atoms with Crippen LogP contribution < -0.4 is 25.6 Å². The Bertz CT molecular complexity index is 1000. The number of rotatable bonds is 6. The van der Waals surface area contributed by atoms with Gasteiger partial charge in [-0.3, -0.25) is 25.8 Å². The first-order chi connectivity index (χ1) is 15.1. The lowest BCUT2D eigenvalue weighted by Gasteiger charge is -2.20. The van der Waals surface area contributed by atoms with E-state index >= 15 is 0 Å². The van der Waals surface area contributed by atoms with Crippen molar-refractivity contribution in [3.05, 3.63) is 64.1 Å². The fourth-order valence-electron chi connectivity index (χ4n) is 2.46. The number of halogens is 1. The standard InChI is InChI=1S/C23H26BrN3O4S/c1-23(2,3)16-8-11-19(18(24)13-16)31-14-21(29)26-27-22(32)25-20(28)12-7-15-5-9-17(30-4)10-6-15/h5-13H,14H2,1-4H3,(H,26,29)(H2,25,27,28,32). The molecule has 0 aliphatic carbocycles. The zero-order valence-corrected chi connectivity index (χ0v) is 20.7. The molecule has 32 heavy (non-hydrogen) atoms. The van der Waals surface area contributed by atoms with Crippen LogP contribution in [-0.2, 0) is 15.0 Å². The molecule has 0 spiro atoms. The van der Waals surface area contributed by atoms with Crippen molar-refractivity contribution < 1.29 is 19.1 Å². The third kappa shape index (κ3) is 8.32. The van der Waals surface area contributed by atoms with Crippen LogP contribution in [0.2, 0.25) is 0 Å². The summed E-state index contributed by atoms with van der Waals surface area (Å²) in [6.07, 6.45) is 2.96. The summed E-state index contributed by atoms with van der Waals surface area (Å²) in [6, 6.07) is 12.9. The van der Waals surface area contributed by atoms with E-state index in [4.69, 9.17) is 21.7 Å². The average Bonchev–Trinajstić information content (AvgIpc) is 2.75. The first kappa shape index (κ1) is 25.4. The molecule has 0 aliphatic rings. The molecule has 0 saturated heterocycles. The van der Waals surface area contributed by atoms with Crippen LogP contribution >= 0.6 is 28.1 Å². The second kappa shape index (κ2) is 11.6. The van der Waals surface area contributed by atoms with Crippen LogP contribution in [0, 0.1) is 0 Å². The first-order valence-electron chi connectivity index (χ1n) is 9.73. The molecule has 9 heteroatoms. The van der Waals surface area contributed by atoms with E-state index in [1.54, 1.807) is 25.3 Å². The number of thiocarbonyl (C=S) groups is 1. The van der Waals surface area contributed by atoms with Gasteiger partial charge < -0.3 is 9.47 Å². The van der Waals surface area contributed by atoms with Gasteiger partial charge in [0.15, 0.2) is 11.7 Å². The van der Waals surface area contributed by atoms with Gasteiger partial charge in [0, 0.05) is 6.08 Å². The smallest absolute Gasteiger partial charge is 0.276 e. The number of carbonyl (C=O) groups excluding carboxylic acids is 2. The fraction of sp³-hybridized carbons (Fsp3) is 0.261. The molecule has 2 aromatic carbocycles. The quantitative estimate of drug-likeness (QED) is 0.305. The number of hydrogen-bond acceptors (Lipinski definition) is 5. The number of hydrazine groups is 1. The Morgan fingerprint density at radius 1 is 1.09 bits per heavy atom. The minimum atomic E-state index is -0.456. The van der Waals surface area contributed by atoms with Crippen LogP contribution in [0.1, 0.15) is 31.9 Å². The Morgan fingerprint density at radius 3 is 2.38 bits per heavy atom. The normalized spacial score (nSPS) is 11.0. The molecule has 3 N–H and O–H groups in total. The van der Waals surface area contributed by atoms with E-state index in [-0.39, 0.29) is 17.1 Å². The molecule has 0 fully saturated rings. The van der Waals surface area contributed by atoms with Gasteiger partial charge in [0.2, 0.25) is 5.91 Å². The molecular formula is C23H26BrN3O4S. The van der Waals surface area contributed by atoms with E-state index in [2.05, 4.69) is 52.9 Å². The molecule has 0 unspecified atom stereocenters. The van der Waals surface area contributed by atoms with Gasteiger partial charge in [0.1, 0.15) is 11.5 Å². The maximum atomic E-state index is 12.0. The molecule has 0 atom stereocenters. The highest BCUT2D eigenvalue weighted by Gasteiger charge is 2.15. The third-order valence-corrected chi connectivity index (χ3v) is 5.08. The molecular weight excluding hydrogens is 494 g/mol. The van der Waals surface area contributed by atoms with E-state index in [1.807, 2.05) is 30.3 Å². The van der Waals surface area contributed by atoms with Crippen LogP contribution in [0.4, 0.5) is 0 Å². The Labute approximate surface area is 201 Å². The minimum Gasteiger partial charge on any atom is -0.497 e. The van der Waals surface area contributed by atoms with Crippen molar-refractivity contribution in [2.75, 3.05) is 13.7 Å². The van der Waals surface area contributed by atoms with Crippen molar-refractivity contribution in [3.8, 4) is 11.5 Å². The average molecular weight is 520 g/mol. The zero-order chi connectivity index (χ0) is 23.7. The van der Waals surface area contributed by atoms with Crippen LogP contribution in [0.3, 0.4) is 0 Å². The lowest BCUT2D eigenvalue weighted by atomic mass is 9.87. The number of amides is 2. The molecule has 0 aliphatic heterocycles. The van der Waals surface area contributed by atoms with Crippen LogP contribution in [0.5, 0.6) is 11.5 Å². The highest BCUT2D eigenvalue weighted by Crippen LogP contribution is 2.31. The number of nitrogens with one attached hydrogen (secondary N) is 3. The number of hydrogen-bond donors (Lipinski definition) is 3. The van der Waals surface area contributed by atoms with Gasteiger partial charge in [0.25, 0.3) is 5.91 Å². The van der Waals surface area contributed by atoms with Gasteiger partial charge in [-0.05, 0) is 75.0 Å². The van der Waals surface area contributed by atoms with E-state index in [0.717, 1.165) is 21.3 Å². The van der Waals surface area contributed by atoms with Gasteiger partial charge in [-0.25, -0.2) is 0 Å². The van der Waals surface area contributed by atoms with Crippen LogP contribution in [0.15, 0.2) is 53.0 Å². The number of benzene rings is 2. The molecule has 0 saturated carbocycles. The van der Waals surface area contributed by atoms with Crippen molar-refractivity contribution in [1.82, 2.24) is 16.2 Å². The highest BCUT2D eigenvalue weighted by atomic mass is 79.9. The molecule has 0 heterocycles. The molecule has 0 bridgehead atoms.